The number of rotatable bonds is 9. The van der Waals surface area contributed by atoms with Gasteiger partial charge in [0.05, 0.1) is 16.7 Å². The first-order chi connectivity index (χ1) is 30.8. The molecule has 0 atom stereocenters. The molecule has 0 amide bonds. The van der Waals surface area contributed by atoms with E-state index in [1.807, 2.05) is 0 Å². The SMILES string of the molecule is c1ccc(-c2ccc(-c3ccc(N(c4cccc(-n5c6ccccc6c6ccccc65)c4)c4ccccc4-c4ccccc4-c4ccccc4-c4ccccc4)cc3)cc2)cc1. The summed E-state index contributed by atoms with van der Waals surface area (Å²) in [5.41, 5.74) is 18.6. The van der Waals surface area contributed by atoms with Gasteiger partial charge in [-0.05, 0) is 98.6 Å². The summed E-state index contributed by atoms with van der Waals surface area (Å²) in [5.74, 6) is 0. The van der Waals surface area contributed by atoms with Crippen molar-refractivity contribution in [3.05, 3.63) is 255 Å². The molecule has 0 N–H and O–H groups in total. The molecule has 1 aromatic heterocycles. The number of anilines is 3. The number of aromatic nitrogens is 1. The van der Waals surface area contributed by atoms with E-state index < -0.39 is 0 Å². The highest BCUT2D eigenvalue weighted by Gasteiger charge is 2.21. The zero-order valence-electron chi connectivity index (χ0n) is 34.1. The fourth-order valence-electron chi connectivity index (χ4n) is 9.12. The lowest BCUT2D eigenvalue weighted by molar-refractivity contribution is 1.17. The Morgan fingerprint density at radius 1 is 0.258 bits per heavy atom. The molecule has 0 unspecified atom stereocenters. The Balaban J connectivity index is 1.08. The lowest BCUT2D eigenvalue weighted by Gasteiger charge is -2.29. The van der Waals surface area contributed by atoms with Crippen molar-refractivity contribution in [2.75, 3.05) is 4.90 Å². The number of benzene rings is 10. The van der Waals surface area contributed by atoms with Crippen LogP contribution >= 0.6 is 0 Å². The molecule has 0 aliphatic heterocycles. The first-order valence-electron chi connectivity index (χ1n) is 21.3. The van der Waals surface area contributed by atoms with Gasteiger partial charge in [-0.15, -0.1) is 0 Å². The predicted octanol–water partition coefficient (Wildman–Crippen LogP) is 16.6. The molecule has 0 radical (unpaired) electrons. The molecule has 0 aliphatic carbocycles. The van der Waals surface area contributed by atoms with E-state index in [1.165, 1.54) is 71.9 Å². The summed E-state index contributed by atoms with van der Waals surface area (Å²) in [6, 6.07) is 92.1. The monoisotopic (exact) mass is 790 g/mol. The Bertz CT molecular complexity index is 3270. The molecule has 11 rings (SSSR count). The molecular formula is C60H42N2. The third-order valence-corrected chi connectivity index (χ3v) is 12.0. The minimum atomic E-state index is 1.07. The van der Waals surface area contributed by atoms with Crippen LogP contribution in [0.2, 0.25) is 0 Å². The standard InChI is InChI=1S/C60H42N2/c1-3-18-43(19-4-1)44-34-36-45(37-35-44)46-38-40-48(41-39-46)61(49-22-17-23-50(42-49)62-59-32-15-12-29-56(59)57-30-13-16-33-60(57)62)58-31-14-11-28-55(58)54-27-10-9-26-53(54)52-25-8-7-24-51(52)47-20-5-2-6-21-47/h1-42H. The van der Waals surface area contributed by atoms with Crippen LogP contribution in [0.5, 0.6) is 0 Å². The van der Waals surface area contributed by atoms with E-state index in [2.05, 4.69) is 264 Å². The Kier molecular flexibility index (Phi) is 9.57. The first kappa shape index (κ1) is 36.8. The van der Waals surface area contributed by atoms with Gasteiger partial charge in [-0.2, -0.15) is 0 Å². The van der Waals surface area contributed by atoms with E-state index >= 15 is 0 Å². The minimum absolute atomic E-state index is 1.07. The highest BCUT2D eigenvalue weighted by Crippen LogP contribution is 2.46. The highest BCUT2D eigenvalue weighted by molar-refractivity contribution is 6.09. The van der Waals surface area contributed by atoms with E-state index in [0.717, 1.165) is 28.3 Å². The molecule has 0 bridgehead atoms. The molecule has 0 fully saturated rings. The molecule has 1 heterocycles. The third kappa shape index (κ3) is 6.74. The van der Waals surface area contributed by atoms with Gasteiger partial charge in [0.1, 0.15) is 0 Å². The summed E-state index contributed by atoms with van der Waals surface area (Å²) >= 11 is 0. The van der Waals surface area contributed by atoms with Crippen LogP contribution in [0.25, 0.3) is 83.1 Å². The fourth-order valence-corrected chi connectivity index (χ4v) is 9.12. The number of hydrogen-bond donors (Lipinski definition) is 0. The van der Waals surface area contributed by atoms with Gasteiger partial charge in [0, 0.05) is 33.4 Å². The smallest absolute Gasteiger partial charge is 0.0541 e. The molecule has 292 valence electrons. The van der Waals surface area contributed by atoms with Crippen LogP contribution in [0.1, 0.15) is 0 Å². The second-order valence-electron chi connectivity index (χ2n) is 15.7. The average Bonchev–Trinajstić information content (AvgIpc) is 3.70. The molecule has 10 aromatic carbocycles. The molecular weight excluding hydrogens is 749 g/mol. The molecule has 11 aromatic rings. The average molecular weight is 791 g/mol. The summed E-state index contributed by atoms with van der Waals surface area (Å²) < 4.78 is 2.40. The van der Waals surface area contributed by atoms with Gasteiger partial charge in [0.2, 0.25) is 0 Å². The topological polar surface area (TPSA) is 8.17 Å². The number of para-hydroxylation sites is 3. The van der Waals surface area contributed by atoms with Crippen LogP contribution in [0.15, 0.2) is 255 Å². The second kappa shape index (κ2) is 16.1. The maximum absolute atomic E-state index is 2.43. The molecule has 0 saturated carbocycles. The lowest BCUT2D eigenvalue weighted by Crippen LogP contribution is -2.12. The molecule has 2 nitrogen and oxygen atoms in total. The molecule has 0 aliphatic rings. The fraction of sp³-hybridized carbons (Fsp3) is 0. The van der Waals surface area contributed by atoms with E-state index in [0.29, 0.717) is 0 Å². The number of nitrogens with zero attached hydrogens (tertiary/aromatic N) is 2. The van der Waals surface area contributed by atoms with Gasteiger partial charge in [-0.1, -0.05) is 206 Å². The largest absolute Gasteiger partial charge is 0.310 e. The van der Waals surface area contributed by atoms with Crippen molar-refractivity contribution in [2.24, 2.45) is 0 Å². The van der Waals surface area contributed by atoms with Crippen LogP contribution in [0, 0.1) is 0 Å². The molecule has 62 heavy (non-hydrogen) atoms. The van der Waals surface area contributed by atoms with Crippen LogP contribution < -0.4 is 4.90 Å². The van der Waals surface area contributed by atoms with Crippen LogP contribution in [-0.4, -0.2) is 4.57 Å². The van der Waals surface area contributed by atoms with Crippen molar-refractivity contribution in [3.63, 3.8) is 0 Å². The Labute approximate surface area is 362 Å². The van der Waals surface area contributed by atoms with Crippen LogP contribution in [0.4, 0.5) is 17.1 Å². The van der Waals surface area contributed by atoms with Gasteiger partial charge in [-0.3, -0.25) is 0 Å². The predicted molar refractivity (Wildman–Crippen MR) is 263 cm³/mol. The Morgan fingerprint density at radius 3 is 1.27 bits per heavy atom. The van der Waals surface area contributed by atoms with Crippen molar-refractivity contribution in [2.45, 2.75) is 0 Å². The van der Waals surface area contributed by atoms with E-state index in [9.17, 15) is 0 Å². The number of hydrogen-bond acceptors (Lipinski definition) is 1. The minimum Gasteiger partial charge on any atom is -0.310 e. The molecule has 0 saturated heterocycles. The maximum Gasteiger partial charge on any atom is 0.0541 e. The van der Waals surface area contributed by atoms with Crippen LogP contribution in [0.3, 0.4) is 0 Å². The third-order valence-electron chi connectivity index (χ3n) is 12.0. The van der Waals surface area contributed by atoms with Gasteiger partial charge < -0.3 is 9.47 Å². The van der Waals surface area contributed by atoms with Crippen LogP contribution in [-0.2, 0) is 0 Å². The number of fused-ring (bicyclic) bond motifs is 3. The van der Waals surface area contributed by atoms with Crippen molar-refractivity contribution in [1.29, 1.82) is 0 Å². The van der Waals surface area contributed by atoms with Gasteiger partial charge >= 0.3 is 0 Å². The summed E-state index contributed by atoms with van der Waals surface area (Å²) in [6.07, 6.45) is 0. The normalized spacial score (nSPS) is 11.2. The zero-order chi connectivity index (χ0) is 41.2. The van der Waals surface area contributed by atoms with Crippen molar-refractivity contribution in [3.8, 4) is 61.3 Å². The van der Waals surface area contributed by atoms with Crippen molar-refractivity contribution >= 4 is 38.9 Å². The van der Waals surface area contributed by atoms with Gasteiger partial charge in [0.15, 0.2) is 0 Å². The molecule has 0 spiro atoms. The quantitative estimate of drug-likeness (QED) is 0.141. The first-order valence-corrected chi connectivity index (χ1v) is 21.3. The summed E-state index contributed by atoms with van der Waals surface area (Å²) in [6.45, 7) is 0. The Morgan fingerprint density at radius 2 is 0.677 bits per heavy atom. The van der Waals surface area contributed by atoms with Gasteiger partial charge in [0.25, 0.3) is 0 Å². The van der Waals surface area contributed by atoms with Crippen molar-refractivity contribution in [1.82, 2.24) is 4.57 Å². The van der Waals surface area contributed by atoms with E-state index in [4.69, 9.17) is 0 Å². The molecule has 2 heteroatoms. The lowest BCUT2D eigenvalue weighted by atomic mass is 9.88. The maximum atomic E-state index is 2.43. The van der Waals surface area contributed by atoms with Gasteiger partial charge in [-0.25, -0.2) is 0 Å². The van der Waals surface area contributed by atoms with E-state index in [1.54, 1.807) is 0 Å². The van der Waals surface area contributed by atoms with E-state index in [-0.39, 0.29) is 0 Å². The highest BCUT2D eigenvalue weighted by atomic mass is 15.1. The summed E-state index contributed by atoms with van der Waals surface area (Å²) in [7, 11) is 0. The Hall–Kier alpha value is -8.20. The van der Waals surface area contributed by atoms with Crippen molar-refractivity contribution < 1.29 is 0 Å². The summed E-state index contributed by atoms with van der Waals surface area (Å²) in [5, 5.41) is 2.49. The zero-order valence-corrected chi connectivity index (χ0v) is 34.1. The summed E-state index contributed by atoms with van der Waals surface area (Å²) in [4.78, 5) is 2.43. The second-order valence-corrected chi connectivity index (χ2v) is 15.7.